The molecule has 0 unspecified atom stereocenters. The van der Waals surface area contributed by atoms with Gasteiger partial charge in [0, 0.05) is 59.7 Å². The van der Waals surface area contributed by atoms with Gasteiger partial charge in [-0.05, 0) is 49.2 Å². The number of rotatable bonds is 5. The third-order valence-electron chi connectivity index (χ3n) is 5.32. The Labute approximate surface area is 247 Å². The molecule has 11 heteroatoms. The number of hydrogen-bond acceptors (Lipinski definition) is 7. The van der Waals surface area contributed by atoms with Crippen LogP contribution in [-0.2, 0) is 9.53 Å². The quantitative estimate of drug-likeness (QED) is 0.213. The number of thiophene rings is 1. The lowest BCUT2D eigenvalue weighted by molar-refractivity contribution is -0.0980. The molecule has 0 aliphatic heterocycles. The molecule has 0 saturated heterocycles. The van der Waals surface area contributed by atoms with E-state index in [1.54, 1.807) is 30.9 Å². The number of hydrogen-bond donors (Lipinski definition) is 2. The lowest BCUT2D eigenvalue weighted by atomic mass is 10.1. The number of carbonyl (C=O) groups is 2. The maximum atomic E-state index is 11.3. The Morgan fingerprint density at radius 3 is 2.25 bits per heavy atom. The summed E-state index contributed by atoms with van der Waals surface area (Å²) in [7, 11) is 3.40. The van der Waals surface area contributed by atoms with Crippen molar-refractivity contribution in [2.45, 2.75) is 13.8 Å². The van der Waals surface area contributed by atoms with Gasteiger partial charge in [0.2, 0.25) is 0 Å². The monoisotopic (exact) mass is 600 g/mol. The second-order valence-corrected chi connectivity index (χ2v) is 9.80. The van der Waals surface area contributed by atoms with E-state index in [1.807, 2.05) is 81.4 Å². The van der Waals surface area contributed by atoms with Crippen LogP contribution in [0.25, 0.3) is 27.3 Å². The number of benzene rings is 2. The zero-order chi connectivity index (χ0) is 29.7. The molecule has 0 atom stereocenters. The molecule has 0 saturated carbocycles. The second kappa shape index (κ2) is 16.4. The third kappa shape index (κ3) is 8.89. The predicted molar refractivity (Wildman–Crippen MR) is 164 cm³/mol. The largest absolute Gasteiger partial charge is 0.477 e. The van der Waals surface area contributed by atoms with Crippen LogP contribution in [0.2, 0.25) is 10.0 Å². The van der Waals surface area contributed by atoms with E-state index in [9.17, 15) is 9.90 Å². The number of fused-ring (bicyclic) bond motifs is 1. The standard InChI is InChI=1S/C18H14N4O2S.C7H6Cl2.C3H8O.CH2O/c1-19-14-9-15(25-17(14)18(23)24)12-5-3-11(4-6-12)13-10-16-20-7-2-8-22(16)21-13;1-5-2-3-6(8)4-7(5)9;1-3-4-2;1-2/h2-10,19H,1H3,(H,23,24);2-4H,1H3;3H2,1-2H3;1H2. The van der Waals surface area contributed by atoms with Crippen molar-refractivity contribution in [3.63, 3.8) is 0 Å². The summed E-state index contributed by atoms with van der Waals surface area (Å²) in [6.45, 7) is 6.72. The van der Waals surface area contributed by atoms with Crippen LogP contribution in [0, 0.1) is 6.92 Å². The second-order valence-electron chi connectivity index (χ2n) is 7.91. The van der Waals surface area contributed by atoms with E-state index < -0.39 is 5.97 Å². The first-order valence-electron chi connectivity index (χ1n) is 11.9. The molecule has 0 amide bonds. The molecular formula is C29H30Cl2N4O4S. The lowest BCUT2D eigenvalue weighted by Gasteiger charge is -2.00. The molecule has 3 heterocycles. The summed E-state index contributed by atoms with van der Waals surface area (Å²) < 4.78 is 6.28. The van der Waals surface area contributed by atoms with Crippen molar-refractivity contribution in [3.05, 3.63) is 93.5 Å². The van der Waals surface area contributed by atoms with Gasteiger partial charge in [0.1, 0.15) is 11.7 Å². The molecule has 2 N–H and O–H groups in total. The number of nitrogens with one attached hydrogen (secondary N) is 1. The Hall–Kier alpha value is -3.76. The number of aryl methyl sites for hydroxylation is 1. The van der Waals surface area contributed by atoms with Crippen LogP contribution in [0.5, 0.6) is 0 Å². The fourth-order valence-corrected chi connectivity index (χ4v) is 4.64. The summed E-state index contributed by atoms with van der Waals surface area (Å²) in [5.74, 6) is -0.922. The van der Waals surface area contributed by atoms with Crippen LogP contribution in [0.1, 0.15) is 22.2 Å². The van der Waals surface area contributed by atoms with Crippen molar-refractivity contribution in [2.24, 2.45) is 0 Å². The molecule has 0 aliphatic carbocycles. The minimum atomic E-state index is -0.922. The molecule has 0 fully saturated rings. The van der Waals surface area contributed by atoms with Gasteiger partial charge >= 0.3 is 5.97 Å². The molecule has 5 aromatic rings. The SMILES string of the molecule is C=O.CCOC.CNc1cc(-c2ccc(-c3cc4ncccn4n3)cc2)sc1C(=O)O.Cc1ccc(Cl)cc1Cl. The van der Waals surface area contributed by atoms with Gasteiger partial charge in [-0.3, -0.25) is 0 Å². The number of carbonyl (C=O) groups excluding carboxylic acids is 1. The predicted octanol–water partition coefficient (Wildman–Crippen LogP) is 7.63. The number of methoxy groups -OCH3 is 1. The molecule has 210 valence electrons. The van der Waals surface area contributed by atoms with Crippen molar-refractivity contribution in [1.82, 2.24) is 14.6 Å². The maximum Gasteiger partial charge on any atom is 0.348 e. The lowest BCUT2D eigenvalue weighted by Crippen LogP contribution is -1.97. The summed E-state index contributed by atoms with van der Waals surface area (Å²) >= 11 is 12.6. The summed E-state index contributed by atoms with van der Waals surface area (Å²) in [5.41, 5.74) is 5.28. The molecule has 0 bridgehead atoms. The Kier molecular flexibility index (Phi) is 13.3. The molecule has 0 radical (unpaired) electrons. The van der Waals surface area contributed by atoms with Crippen LogP contribution >= 0.6 is 34.5 Å². The highest BCUT2D eigenvalue weighted by molar-refractivity contribution is 7.18. The Bertz CT molecular complexity index is 1490. The molecule has 2 aromatic carbocycles. The van der Waals surface area contributed by atoms with Gasteiger partial charge in [-0.2, -0.15) is 5.10 Å². The third-order valence-corrected chi connectivity index (χ3v) is 7.13. The Morgan fingerprint density at radius 2 is 1.75 bits per heavy atom. The summed E-state index contributed by atoms with van der Waals surface area (Å²) in [6, 6.07) is 19.0. The highest BCUT2D eigenvalue weighted by atomic mass is 35.5. The smallest absolute Gasteiger partial charge is 0.348 e. The highest BCUT2D eigenvalue weighted by Gasteiger charge is 2.15. The van der Waals surface area contributed by atoms with Gasteiger partial charge < -0.3 is 20.0 Å². The van der Waals surface area contributed by atoms with E-state index in [2.05, 4.69) is 20.1 Å². The van der Waals surface area contributed by atoms with Crippen molar-refractivity contribution in [3.8, 4) is 21.7 Å². The summed E-state index contributed by atoms with van der Waals surface area (Å²) in [6.07, 6.45) is 3.60. The van der Waals surface area contributed by atoms with E-state index >= 15 is 0 Å². The average molecular weight is 602 g/mol. The fraction of sp³-hybridized carbons (Fsp3) is 0.172. The number of anilines is 1. The van der Waals surface area contributed by atoms with E-state index in [0.717, 1.165) is 44.5 Å². The summed E-state index contributed by atoms with van der Waals surface area (Å²) in [4.78, 5) is 24.8. The van der Waals surface area contributed by atoms with Gasteiger partial charge in [0.05, 0.1) is 11.4 Å². The van der Waals surface area contributed by atoms with Gasteiger partial charge in [-0.15, -0.1) is 11.3 Å². The van der Waals surface area contributed by atoms with Gasteiger partial charge in [-0.25, -0.2) is 14.3 Å². The number of halogens is 2. The van der Waals surface area contributed by atoms with Crippen LogP contribution < -0.4 is 5.32 Å². The van der Waals surface area contributed by atoms with Gasteiger partial charge in [0.25, 0.3) is 0 Å². The number of nitrogens with zero attached hydrogens (tertiary/aromatic N) is 3. The van der Waals surface area contributed by atoms with E-state index in [0.29, 0.717) is 15.6 Å². The van der Waals surface area contributed by atoms with Crippen molar-refractivity contribution < 1.29 is 19.4 Å². The average Bonchev–Trinajstić information content (AvgIpc) is 3.62. The number of aromatic carboxylic acids is 1. The molecule has 3 aromatic heterocycles. The van der Waals surface area contributed by atoms with Crippen LogP contribution in [0.3, 0.4) is 0 Å². The van der Waals surface area contributed by atoms with Gasteiger partial charge in [0.15, 0.2) is 5.65 Å². The van der Waals surface area contributed by atoms with E-state index in [1.165, 1.54) is 11.3 Å². The molecule has 40 heavy (non-hydrogen) atoms. The zero-order valence-electron chi connectivity index (χ0n) is 22.5. The maximum absolute atomic E-state index is 11.3. The molecular weight excluding hydrogens is 571 g/mol. The normalized spacial score (nSPS) is 9.85. The first kappa shape index (κ1) is 32.5. The van der Waals surface area contributed by atoms with Crippen molar-refractivity contribution in [2.75, 3.05) is 26.1 Å². The number of carboxylic acids is 1. The van der Waals surface area contributed by atoms with Crippen molar-refractivity contribution in [1.29, 1.82) is 0 Å². The van der Waals surface area contributed by atoms with E-state index in [4.69, 9.17) is 28.0 Å². The van der Waals surface area contributed by atoms with Crippen LogP contribution in [-0.4, -0.2) is 53.2 Å². The molecule has 8 nitrogen and oxygen atoms in total. The topological polar surface area (TPSA) is 106 Å². The first-order valence-corrected chi connectivity index (χ1v) is 13.5. The number of aromatic nitrogens is 3. The minimum Gasteiger partial charge on any atom is -0.477 e. The Balaban J connectivity index is 0.000000310. The minimum absolute atomic E-state index is 0.313. The first-order chi connectivity index (χ1) is 19.3. The van der Waals surface area contributed by atoms with Crippen LogP contribution in [0.4, 0.5) is 5.69 Å². The molecule has 0 aliphatic rings. The van der Waals surface area contributed by atoms with Gasteiger partial charge in [-0.1, -0.05) is 53.5 Å². The van der Waals surface area contributed by atoms with Crippen molar-refractivity contribution >= 4 is 58.6 Å². The summed E-state index contributed by atoms with van der Waals surface area (Å²) in [5, 5.41) is 18.1. The zero-order valence-corrected chi connectivity index (χ0v) is 24.8. The molecule has 5 rings (SSSR count). The fourth-order valence-electron chi connectivity index (χ4n) is 3.22. The van der Waals surface area contributed by atoms with E-state index in [-0.39, 0.29) is 0 Å². The molecule has 0 spiro atoms. The number of carboxylic acid groups (broad SMARTS) is 1. The Morgan fingerprint density at radius 1 is 1.10 bits per heavy atom. The van der Waals surface area contributed by atoms with Crippen LogP contribution in [0.15, 0.2) is 73.1 Å². The number of ether oxygens (including phenoxy) is 1. The highest BCUT2D eigenvalue weighted by Crippen LogP contribution is 2.35.